The van der Waals surface area contributed by atoms with Crippen LogP contribution < -0.4 is 10.9 Å². The van der Waals surface area contributed by atoms with Crippen molar-refractivity contribution in [3.8, 4) is 0 Å². The molecule has 0 spiro atoms. The van der Waals surface area contributed by atoms with Crippen molar-refractivity contribution in [1.29, 1.82) is 0 Å². The molecule has 7 nitrogen and oxygen atoms in total. The summed E-state index contributed by atoms with van der Waals surface area (Å²) in [5, 5.41) is 4.54. The molecule has 0 saturated carbocycles. The van der Waals surface area contributed by atoms with Crippen molar-refractivity contribution >= 4 is 28.4 Å². The number of carbonyl (C=O) groups is 1. The lowest BCUT2D eigenvalue weighted by Gasteiger charge is -2.09. The van der Waals surface area contributed by atoms with E-state index in [1.807, 2.05) is 48.5 Å². The van der Waals surface area contributed by atoms with Crippen LogP contribution in [0.1, 0.15) is 32.6 Å². The van der Waals surface area contributed by atoms with Crippen LogP contribution in [0.15, 0.2) is 90.5 Å². The molecule has 2 aromatic carbocycles. The molecule has 5 aromatic rings. The van der Waals surface area contributed by atoms with Crippen LogP contribution in [0.5, 0.6) is 0 Å². The summed E-state index contributed by atoms with van der Waals surface area (Å²) in [4.78, 5) is 35.8. The monoisotopic (exact) mass is 483 g/mol. The number of halogens is 1. The molecular formula is C27H22ClN5O2. The standard InChI is InChI=1S/C27H22ClN5O2/c28-24-15-31-25-6-5-20(11-23(24)25)13-32-27(35)22-10-21(12-30-14-22)9-18-1-3-19(4-2-18)17-33-8-7-29-16-26(33)34/h1-8,10-12,14-16,31H,9,13,17H2,(H,32,35). The van der Waals surface area contributed by atoms with E-state index < -0.39 is 0 Å². The fraction of sp³-hybridized carbons (Fsp3) is 0.111. The summed E-state index contributed by atoms with van der Waals surface area (Å²) in [7, 11) is 0. The number of amides is 1. The van der Waals surface area contributed by atoms with Crippen molar-refractivity contribution in [3.63, 3.8) is 0 Å². The van der Waals surface area contributed by atoms with E-state index in [1.165, 1.54) is 6.20 Å². The third-order valence-corrected chi connectivity index (χ3v) is 6.10. The molecule has 0 unspecified atom stereocenters. The number of H-pyrrole nitrogens is 1. The molecule has 0 bridgehead atoms. The van der Waals surface area contributed by atoms with Crippen molar-refractivity contribution in [2.75, 3.05) is 0 Å². The third kappa shape index (κ3) is 5.31. The van der Waals surface area contributed by atoms with E-state index >= 15 is 0 Å². The van der Waals surface area contributed by atoms with Gasteiger partial charge in [0.15, 0.2) is 0 Å². The van der Waals surface area contributed by atoms with Gasteiger partial charge in [0.1, 0.15) is 0 Å². The predicted molar refractivity (Wildman–Crippen MR) is 136 cm³/mol. The van der Waals surface area contributed by atoms with Crippen LogP contribution in [-0.4, -0.2) is 25.4 Å². The van der Waals surface area contributed by atoms with Gasteiger partial charge in [0.25, 0.3) is 11.5 Å². The van der Waals surface area contributed by atoms with E-state index in [9.17, 15) is 9.59 Å². The second-order valence-corrected chi connectivity index (χ2v) is 8.72. The minimum atomic E-state index is -0.183. The Kier molecular flexibility index (Phi) is 6.41. The van der Waals surface area contributed by atoms with Crippen LogP contribution in [0.25, 0.3) is 10.9 Å². The van der Waals surface area contributed by atoms with E-state index in [2.05, 4.69) is 20.3 Å². The molecule has 0 fully saturated rings. The number of nitrogens with one attached hydrogen (secondary N) is 2. The number of aromatic nitrogens is 4. The molecule has 5 rings (SSSR count). The maximum Gasteiger partial charge on any atom is 0.269 e. The van der Waals surface area contributed by atoms with Gasteiger partial charge in [-0.15, -0.1) is 0 Å². The number of pyridine rings is 1. The first-order valence-corrected chi connectivity index (χ1v) is 11.5. The zero-order chi connectivity index (χ0) is 24.2. The highest BCUT2D eigenvalue weighted by Gasteiger charge is 2.09. The lowest BCUT2D eigenvalue weighted by atomic mass is 10.0. The predicted octanol–water partition coefficient (Wildman–Crippen LogP) is 4.34. The van der Waals surface area contributed by atoms with Gasteiger partial charge in [-0.3, -0.25) is 19.6 Å². The second kappa shape index (κ2) is 9.95. The molecular weight excluding hydrogens is 462 g/mol. The van der Waals surface area contributed by atoms with E-state index in [0.717, 1.165) is 33.2 Å². The molecule has 35 heavy (non-hydrogen) atoms. The number of benzene rings is 2. The van der Waals surface area contributed by atoms with Gasteiger partial charge in [-0.25, -0.2) is 0 Å². The van der Waals surface area contributed by atoms with Crippen molar-refractivity contribution in [2.45, 2.75) is 19.5 Å². The highest BCUT2D eigenvalue weighted by Crippen LogP contribution is 2.24. The number of carbonyl (C=O) groups excluding carboxylic acids is 1. The van der Waals surface area contributed by atoms with E-state index in [-0.39, 0.29) is 11.5 Å². The summed E-state index contributed by atoms with van der Waals surface area (Å²) >= 11 is 6.20. The number of hydrogen-bond donors (Lipinski definition) is 2. The molecule has 3 aromatic heterocycles. The number of rotatable bonds is 7. The van der Waals surface area contributed by atoms with Crippen LogP contribution in [0.3, 0.4) is 0 Å². The summed E-state index contributed by atoms with van der Waals surface area (Å²) in [6, 6.07) is 15.8. The Hall–Kier alpha value is -4.23. The Bertz CT molecular complexity index is 1560. The van der Waals surface area contributed by atoms with E-state index in [4.69, 9.17) is 11.6 Å². The lowest BCUT2D eigenvalue weighted by molar-refractivity contribution is 0.0950. The number of nitrogens with zero attached hydrogens (tertiary/aromatic N) is 3. The zero-order valence-electron chi connectivity index (χ0n) is 18.7. The molecule has 0 aliphatic heterocycles. The number of aromatic amines is 1. The number of fused-ring (bicyclic) bond motifs is 1. The van der Waals surface area contributed by atoms with Gasteiger partial charge in [0, 0.05) is 48.4 Å². The van der Waals surface area contributed by atoms with Crippen molar-refractivity contribution in [3.05, 3.63) is 129 Å². The quantitative estimate of drug-likeness (QED) is 0.360. The first kappa shape index (κ1) is 22.6. The Balaban J connectivity index is 1.22. The van der Waals surface area contributed by atoms with Gasteiger partial charge in [-0.1, -0.05) is 41.9 Å². The average Bonchev–Trinajstić information content (AvgIpc) is 3.25. The summed E-state index contributed by atoms with van der Waals surface area (Å²) in [5.74, 6) is -0.183. The molecule has 1 amide bonds. The maximum absolute atomic E-state index is 12.7. The zero-order valence-corrected chi connectivity index (χ0v) is 19.5. The summed E-state index contributed by atoms with van der Waals surface area (Å²) in [6.45, 7) is 0.880. The lowest BCUT2D eigenvalue weighted by Crippen LogP contribution is -2.23. The Morgan fingerprint density at radius 1 is 0.943 bits per heavy atom. The van der Waals surface area contributed by atoms with Gasteiger partial charge < -0.3 is 14.9 Å². The van der Waals surface area contributed by atoms with Crippen molar-refractivity contribution in [1.82, 2.24) is 24.8 Å². The molecule has 0 saturated heterocycles. The van der Waals surface area contributed by atoms with Gasteiger partial charge in [-0.2, -0.15) is 0 Å². The van der Waals surface area contributed by atoms with E-state index in [1.54, 1.807) is 35.6 Å². The fourth-order valence-corrected chi connectivity index (χ4v) is 4.15. The van der Waals surface area contributed by atoms with Gasteiger partial charge >= 0.3 is 0 Å². The van der Waals surface area contributed by atoms with Gasteiger partial charge in [0.05, 0.1) is 23.3 Å². The first-order valence-electron chi connectivity index (χ1n) is 11.1. The normalized spacial score (nSPS) is 11.0. The molecule has 8 heteroatoms. The minimum absolute atomic E-state index is 0.133. The molecule has 0 radical (unpaired) electrons. The van der Waals surface area contributed by atoms with Crippen LogP contribution in [0.4, 0.5) is 0 Å². The fourth-order valence-electron chi connectivity index (χ4n) is 3.94. The average molecular weight is 484 g/mol. The molecule has 0 atom stereocenters. The summed E-state index contributed by atoms with van der Waals surface area (Å²) in [5.41, 5.74) is 5.35. The number of hydrogen-bond acceptors (Lipinski definition) is 4. The second-order valence-electron chi connectivity index (χ2n) is 8.32. The topological polar surface area (TPSA) is 92.7 Å². The van der Waals surface area contributed by atoms with Gasteiger partial charge in [0.2, 0.25) is 0 Å². The Morgan fingerprint density at radius 2 is 1.74 bits per heavy atom. The molecule has 174 valence electrons. The van der Waals surface area contributed by atoms with Gasteiger partial charge in [-0.05, 0) is 46.9 Å². The van der Waals surface area contributed by atoms with Crippen LogP contribution >= 0.6 is 11.6 Å². The Labute approximate surface area is 206 Å². The van der Waals surface area contributed by atoms with Crippen LogP contribution in [0.2, 0.25) is 5.02 Å². The first-order chi connectivity index (χ1) is 17.0. The molecule has 0 aliphatic carbocycles. The SMILES string of the molecule is O=C(NCc1ccc2[nH]cc(Cl)c2c1)c1cncc(Cc2ccc(Cn3ccncc3=O)cc2)c1. The van der Waals surface area contributed by atoms with E-state index in [0.29, 0.717) is 30.1 Å². The maximum atomic E-state index is 12.7. The minimum Gasteiger partial charge on any atom is -0.360 e. The molecule has 0 aliphatic rings. The highest BCUT2D eigenvalue weighted by molar-refractivity contribution is 6.35. The Morgan fingerprint density at radius 3 is 2.57 bits per heavy atom. The summed E-state index contributed by atoms with van der Waals surface area (Å²) < 4.78 is 1.61. The van der Waals surface area contributed by atoms with Crippen LogP contribution in [-0.2, 0) is 19.5 Å². The highest BCUT2D eigenvalue weighted by atomic mass is 35.5. The van der Waals surface area contributed by atoms with Crippen molar-refractivity contribution in [2.24, 2.45) is 0 Å². The third-order valence-electron chi connectivity index (χ3n) is 5.79. The smallest absolute Gasteiger partial charge is 0.269 e. The van der Waals surface area contributed by atoms with Crippen molar-refractivity contribution < 1.29 is 4.79 Å². The largest absolute Gasteiger partial charge is 0.360 e. The van der Waals surface area contributed by atoms with Crippen LogP contribution in [0, 0.1) is 0 Å². The molecule has 3 heterocycles. The summed E-state index contributed by atoms with van der Waals surface area (Å²) in [6.07, 6.45) is 10.3. The molecule has 2 N–H and O–H groups in total.